The third kappa shape index (κ3) is 8.20. The first-order valence-electron chi connectivity index (χ1n) is 12.5. The number of aliphatic hydroxyl groups is 2. The van der Waals surface area contributed by atoms with Crippen LogP contribution in [-0.2, 0) is 58.9 Å². The summed E-state index contributed by atoms with van der Waals surface area (Å²) in [7, 11) is 0. The second kappa shape index (κ2) is 13.8. The Hall–Kier alpha value is -3.64. The summed E-state index contributed by atoms with van der Waals surface area (Å²) < 4.78 is 39.0. The van der Waals surface area contributed by atoms with Crippen LogP contribution in [-0.4, -0.2) is 99.8 Å². The highest BCUT2D eigenvalue weighted by Crippen LogP contribution is 2.31. The lowest BCUT2D eigenvalue weighted by Gasteiger charge is -2.44. The number of esters is 4. The fourth-order valence-corrected chi connectivity index (χ4v) is 4.39. The molecule has 2 fully saturated rings. The van der Waals surface area contributed by atoms with Crippen LogP contribution in [0.25, 0.3) is 0 Å². The lowest BCUT2D eigenvalue weighted by Crippen LogP contribution is -2.62. The maximum atomic E-state index is 12.6. The van der Waals surface area contributed by atoms with Crippen LogP contribution in [0.1, 0.15) is 45.9 Å². The highest BCUT2D eigenvalue weighted by molar-refractivity contribution is 5.68. The number of ether oxygens (including phenoxy) is 7. The maximum absolute atomic E-state index is 12.6. The predicted octanol–water partition coefficient (Wildman–Crippen LogP) is -2.22. The van der Waals surface area contributed by atoms with Crippen molar-refractivity contribution in [3.63, 3.8) is 0 Å². The van der Waals surface area contributed by atoms with Crippen LogP contribution < -0.4 is 11.2 Å². The lowest BCUT2D eigenvalue weighted by atomic mass is 9.98. The summed E-state index contributed by atoms with van der Waals surface area (Å²) in [5, 5.41) is 19.4. The molecule has 0 aliphatic carbocycles. The monoisotopic (exact) mass is 588 g/mol. The van der Waals surface area contributed by atoms with Gasteiger partial charge in [-0.3, -0.25) is 33.5 Å². The third-order valence-corrected chi connectivity index (χ3v) is 6.09. The van der Waals surface area contributed by atoms with Gasteiger partial charge in [0.05, 0.1) is 24.9 Å². The van der Waals surface area contributed by atoms with Crippen LogP contribution in [0.2, 0.25) is 0 Å². The summed E-state index contributed by atoms with van der Waals surface area (Å²) in [5.74, 6) is -3.18. The minimum absolute atomic E-state index is 0.0445. The van der Waals surface area contributed by atoms with Crippen LogP contribution >= 0.6 is 0 Å². The Morgan fingerprint density at radius 1 is 0.927 bits per heavy atom. The molecule has 1 aromatic heterocycles. The van der Waals surface area contributed by atoms with E-state index < -0.39 is 104 Å². The summed E-state index contributed by atoms with van der Waals surface area (Å²) >= 11 is 0. The van der Waals surface area contributed by atoms with Crippen LogP contribution in [0.4, 0.5) is 0 Å². The first kappa shape index (κ1) is 31.9. The Morgan fingerprint density at radius 2 is 1.54 bits per heavy atom. The molecule has 8 atom stereocenters. The van der Waals surface area contributed by atoms with E-state index in [2.05, 4.69) is 4.98 Å². The molecule has 41 heavy (non-hydrogen) atoms. The number of aliphatic hydroxyl groups excluding tert-OH is 2. The zero-order chi connectivity index (χ0) is 30.4. The van der Waals surface area contributed by atoms with E-state index in [1.807, 2.05) is 0 Å². The summed E-state index contributed by atoms with van der Waals surface area (Å²) in [6.45, 7) is 2.80. The van der Waals surface area contributed by atoms with Gasteiger partial charge in [-0.05, 0) is 0 Å². The van der Waals surface area contributed by atoms with E-state index in [1.54, 1.807) is 0 Å². The number of H-pyrrole nitrogens is 1. The van der Waals surface area contributed by atoms with E-state index in [-0.39, 0.29) is 12.0 Å². The number of hydrogen-bond acceptors (Lipinski definition) is 15. The molecule has 2 aliphatic heterocycles. The van der Waals surface area contributed by atoms with Crippen molar-refractivity contribution in [2.75, 3.05) is 13.2 Å². The fraction of sp³-hybridized carbons (Fsp3) is 0.667. The SMILES string of the molecule is CC(=O)OC[C@H]1O[C@@H](OCc2cn([C@H]3C[C@H](O)[C@@H](CO)O3)c(=O)[nH]c2=O)[C@H](OC(C)=O)[C@@H](OC(C)=O)[C@@H]1OC(C)=O. The van der Waals surface area contributed by atoms with Crippen molar-refractivity contribution in [3.8, 4) is 0 Å². The molecule has 0 spiro atoms. The van der Waals surface area contributed by atoms with Gasteiger partial charge in [0, 0.05) is 40.3 Å². The zero-order valence-electron chi connectivity index (χ0n) is 22.7. The molecule has 0 bridgehead atoms. The number of hydrogen-bond donors (Lipinski definition) is 3. The van der Waals surface area contributed by atoms with Gasteiger partial charge in [-0.2, -0.15) is 0 Å². The molecular weight excluding hydrogens is 556 g/mol. The number of nitrogens with one attached hydrogen (secondary N) is 1. The molecule has 17 nitrogen and oxygen atoms in total. The van der Waals surface area contributed by atoms with Gasteiger partial charge in [-0.1, -0.05) is 0 Å². The van der Waals surface area contributed by atoms with Crippen LogP contribution in [0, 0.1) is 0 Å². The quantitative estimate of drug-likeness (QED) is 0.194. The van der Waals surface area contributed by atoms with Gasteiger partial charge in [0.2, 0.25) is 0 Å². The summed E-state index contributed by atoms with van der Waals surface area (Å²) in [6.07, 6.45) is -9.11. The van der Waals surface area contributed by atoms with E-state index in [0.29, 0.717) is 0 Å². The normalized spacial score (nSPS) is 29.4. The molecule has 0 saturated carbocycles. The van der Waals surface area contributed by atoms with Crippen molar-refractivity contribution in [1.82, 2.24) is 9.55 Å². The average molecular weight is 589 g/mol. The van der Waals surface area contributed by atoms with Crippen LogP contribution in [0.15, 0.2) is 15.8 Å². The Labute approximate surface area is 232 Å². The van der Waals surface area contributed by atoms with Crippen molar-refractivity contribution in [2.45, 2.75) is 89.9 Å². The Morgan fingerprint density at radius 3 is 2.10 bits per heavy atom. The maximum Gasteiger partial charge on any atom is 0.330 e. The molecule has 228 valence electrons. The lowest BCUT2D eigenvalue weighted by molar-refractivity contribution is -0.310. The third-order valence-electron chi connectivity index (χ3n) is 6.09. The molecule has 0 radical (unpaired) electrons. The fourth-order valence-electron chi connectivity index (χ4n) is 4.39. The van der Waals surface area contributed by atoms with Crippen molar-refractivity contribution in [3.05, 3.63) is 32.6 Å². The highest BCUT2D eigenvalue weighted by atomic mass is 16.7. The summed E-state index contributed by atoms with van der Waals surface area (Å²) in [6, 6.07) is 0. The second-order valence-corrected chi connectivity index (χ2v) is 9.31. The average Bonchev–Trinajstić information content (AvgIpc) is 3.24. The van der Waals surface area contributed by atoms with Gasteiger partial charge in [0.25, 0.3) is 5.56 Å². The second-order valence-electron chi connectivity index (χ2n) is 9.31. The van der Waals surface area contributed by atoms with E-state index in [0.717, 1.165) is 38.5 Å². The molecule has 3 rings (SSSR count). The van der Waals surface area contributed by atoms with Crippen LogP contribution in [0.3, 0.4) is 0 Å². The zero-order valence-corrected chi connectivity index (χ0v) is 22.7. The minimum Gasteiger partial charge on any atom is -0.463 e. The van der Waals surface area contributed by atoms with Gasteiger partial charge < -0.3 is 43.4 Å². The standard InChI is InChI=1S/C24H32N2O15/c1-10(28)35-9-17-19(37-11(2)29)20(38-12(3)30)21(39-13(4)31)23(41-17)36-8-14-6-26(24(34)25-22(14)33)18-5-15(32)16(7-27)40-18/h6,15-21,23,27,32H,5,7-9H2,1-4H3,(H,25,33,34)/t15-,16+,17+,18+,19+,20-,21+,23+/m0/s1. The number of rotatable bonds is 10. The van der Waals surface area contributed by atoms with Gasteiger partial charge in [-0.25, -0.2) is 4.79 Å². The molecule has 0 amide bonds. The number of carbonyl (C=O) groups is 4. The Balaban J connectivity index is 1.93. The molecule has 0 aromatic carbocycles. The Kier molecular flexibility index (Phi) is 10.7. The molecule has 2 aliphatic rings. The van der Waals surface area contributed by atoms with Crippen molar-refractivity contribution >= 4 is 23.9 Å². The smallest absolute Gasteiger partial charge is 0.330 e. The highest BCUT2D eigenvalue weighted by Gasteiger charge is 2.52. The number of nitrogens with zero attached hydrogens (tertiary/aromatic N) is 1. The van der Waals surface area contributed by atoms with Crippen molar-refractivity contribution in [1.29, 1.82) is 0 Å². The summed E-state index contributed by atoms with van der Waals surface area (Å²) in [4.78, 5) is 74.3. The molecule has 0 unspecified atom stereocenters. The number of aromatic amines is 1. The van der Waals surface area contributed by atoms with E-state index >= 15 is 0 Å². The summed E-state index contributed by atoms with van der Waals surface area (Å²) in [5.41, 5.74) is -1.81. The molecule has 17 heteroatoms. The molecule has 3 N–H and O–H groups in total. The first-order valence-corrected chi connectivity index (χ1v) is 12.5. The molecule has 3 heterocycles. The van der Waals surface area contributed by atoms with Gasteiger partial charge in [0.1, 0.15) is 25.0 Å². The van der Waals surface area contributed by atoms with Gasteiger partial charge in [0.15, 0.2) is 24.6 Å². The van der Waals surface area contributed by atoms with Crippen LogP contribution in [0.5, 0.6) is 0 Å². The number of aromatic nitrogens is 2. The van der Waals surface area contributed by atoms with E-state index in [4.69, 9.17) is 33.2 Å². The van der Waals surface area contributed by atoms with Gasteiger partial charge >= 0.3 is 29.6 Å². The molecule has 1 aromatic rings. The first-order chi connectivity index (χ1) is 19.3. The Bertz CT molecular complexity index is 1240. The van der Waals surface area contributed by atoms with E-state index in [9.17, 15) is 39.0 Å². The minimum atomic E-state index is -1.56. The molecular formula is C24H32N2O15. The molecule has 2 saturated heterocycles. The van der Waals surface area contributed by atoms with E-state index in [1.165, 1.54) is 0 Å². The topological polar surface area (TPSA) is 228 Å². The largest absolute Gasteiger partial charge is 0.463 e. The van der Waals surface area contributed by atoms with Crippen molar-refractivity contribution < 1.29 is 62.5 Å². The van der Waals surface area contributed by atoms with Crippen molar-refractivity contribution in [2.24, 2.45) is 0 Å². The number of carbonyl (C=O) groups excluding carboxylic acids is 4. The van der Waals surface area contributed by atoms with Gasteiger partial charge in [-0.15, -0.1) is 0 Å². The predicted molar refractivity (Wildman–Crippen MR) is 130 cm³/mol.